The van der Waals surface area contributed by atoms with Crippen LogP contribution < -0.4 is 15.0 Å². The van der Waals surface area contributed by atoms with Crippen molar-refractivity contribution in [2.75, 3.05) is 23.3 Å². The lowest BCUT2D eigenvalue weighted by Crippen LogP contribution is -2.29. The van der Waals surface area contributed by atoms with Crippen LogP contribution in [0.5, 0.6) is 5.75 Å². The zero-order valence-corrected chi connectivity index (χ0v) is 16.4. The maximum atomic E-state index is 13.0. The third-order valence-corrected chi connectivity index (χ3v) is 5.09. The second-order valence-corrected chi connectivity index (χ2v) is 7.20. The molecule has 0 atom stereocenters. The minimum atomic E-state index is -0.195. The average Bonchev–Trinajstić information content (AvgIpc) is 2.79. The monoisotopic (exact) mass is 387 g/mol. The van der Waals surface area contributed by atoms with Crippen molar-refractivity contribution in [2.45, 2.75) is 25.9 Å². The van der Waals surface area contributed by atoms with Gasteiger partial charge in [-0.05, 0) is 55.2 Å². The second-order valence-electron chi connectivity index (χ2n) is 7.20. The van der Waals surface area contributed by atoms with E-state index in [1.165, 1.54) is 19.3 Å². The Hall–Kier alpha value is -3.34. The lowest BCUT2D eigenvalue weighted by molar-refractivity contribution is 0.102. The van der Waals surface area contributed by atoms with Crippen LogP contribution in [-0.2, 0) is 6.61 Å². The number of carbonyl (C=O) groups is 1. The Morgan fingerprint density at radius 1 is 1.00 bits per heavy atom. The van der Waals surface area contributed by atoms with E-state index in [0.29, 0.717) is 23.6 Å². The van der Waals surface area contributed by atoms with E-state index in [1.54, 1.807) is 18.5 Å². The summed E-state index contributed by atoms with van der Waals surface area (Å²) in [6.45, 7) is 2.46. The summed E-state index contributed by atoms with van der Waals surface area (Å²) in [6, 6.07) is 19.5. The molecule has 1 aliphatic heterocycles. The molecule has 1 fully saturated rings. The van der Waals surface area contributed by atoms with Gasteiger partial charge in [-0.2, -0.15) is 0 Å². The molecular formula is C24H25N3O2. The molecule has 0 unspecified atom stereocenters. The number of rotatable bonds is 6. The lowest BCUT2D eigenvalue weighted by atomic mass is 10.1. The molecule has 1 amide bonds. The van der Waals surface area contributed by atoms with E-state index in [9.17, 15) is 4.79 Å². The first-order chi connectivity index (χ1) is 14.3. The van der Waals surface area contributed by atoms with Crippen molar-refractivity contribution in [3.8, 4) is 5.75 Å². The van der Waals surface area contributed by atoms with E-state index >= 15 is 0 Å². The van der Waals surface area contributed by atoms with E-state index in [-0.39, 0.29) is 5.91 Å². The van der Waals surface area contributed by atoms with Crippen LogP contribution >= 0.6 is 0 Å². The minimum Gasteiger partial charge on any atom is -0.488 e. The van der Waals surface area contributed by atoms with Crippen LogP contribution in [0.3, 0.4) is 0 Å². The number of anilines is 2. The summed E-state index contributed by atoms with van der Waals surface area (Å²) in [6.07, 6.45) is 6.95. The molecule has 1 aromatic heterocycles. The largest absolute Gasteiger partial charge is 0.488 e. The number of nitrogens with one attached hydrogen (secondary N) is 1. The van der Waals surface area contributed by atoms with E-state index in [2.05, 4.69) is 15.2 Å². The molecule has 0 bridgehead atoms. The molecule has 1 N–H and O–H groups in total. The maximum absolute atomic E-state index is 13.0. The normalized spacial score (nSPS) is 13.7. The van der Waals surface area contributed by atoms with Crippen molar-refractivity contribution in [3.63, 3.8) is 0 Å². The number of aromatic nitrogens is 1. The number of nitrogens with zero attached hydrogens (tertiary/aromatic N) is 2. The highest BCUT2D eigenvalue weighted by molar-refractivity contribution is 6.06. The molecule has 2 heterocycles. The summed E-state index contributed by atoms with van der Waals surface area (Å²) >= 11 is 0. The maximum Gasteiger partial charge on any atom is 0.259 e. The van der Waals surface area contributed by atoms with Gasteiger partial charge in [-0.1, -0.05) is 30.3 Å². The van der Waals surface area contributed by atoms with Gasteiger partial charge < -0.3 is 15.0 Å². The van der Waals surface area contributed by atoms with Crippen molar-refractivity contribution in [1.82, 2.24) is 4.98 Å². The molecule has 0 saturated carbocycles. The van der Waals surface area contributed by atoms with E-state index in [0.717, 1.165) is 24.3 Å². The number of carbonyl (C=O) groups excluding carboxylic acids is 1. The van der Waals surface area contributed by atoms with Crippen molar-refractivity contribution in [3.05, 3.63) is 84.2 Å². The number of piperidine rings is 1. The van der Waals surface area contributed by atoms with Crippen molar-refractivity contribution in [1.29, 1.82) is 0 Å². The highest BCUT2D eigenvalue weighted by atomic mass is 16.5. The SMILES string of the molecule is O=C(Nc1cccnc1)c1cc(N2CCCCC2)ccc1OCc1ccccc1. The third-order valence-electron chi connectivity index (χ3n) is 5.09. The van der Waals surface area contributed by atoms with Crippen LogP contribution in [0.1, 0.15) is 35.2 Å². The van der Waals surface area contributed by atoms with Crippen LogP contribution in [0.25, 0.3) is 0 Å². The van der Waals surface area contributed by atoms with Gasteiger partial charge in [0.2, 0.25) is 0 Å². The first kappa shape index (κ1) is 19.0. The smallest absolute Gasteiger partial charge is 0.259 e. The number of hydrogen-bond donors (Lipinski definition) is 1. The molecule has 0 radical (unpaired) electrons. The molecule has 148 valence electrons. The van der Waals surface area contributed by atoms with Crippen LogP contribution in [-0.4, -0.2) is 24.0 Å². The molecule has 0 aliphatic carbocycles. The van der Waals surface area contributed by atoms with E-state index in [1.807, 2.05) is 54.6 Å². The zero-order valence-electron chi connectivity index (χ0n) is 16.4. The van der Waals surface area contributed by atoms with Crippen LogP contribution in [0.4, 0.5) is 11.4 Å². The summed E-state index contributed by atoms with van der Waals surface area (Å²) in [7, 11) is 0. The molecule has 5 heteroatoms. The van der Waals surface area contributed by atoms with Gasteiger partial charge in [0.15, 0.2) is 0 Å². The Kier molecular flexibility index (Phi) is 6.05. The van der Waals surface area contributed by atoms with E-state index in [4.69, 9.17) is 4.74 Å². The van der Waals surface area contributed by atoms with Gasteiger partial charge in [-0.25, -0.2) is 0 Å². The average molecular weight is 387 g/mol. The number of pyridine rings is 1. The van der Waals surface area contributed by atoms with Crippen LogP contribution in [0.15, 0.2) is 73.1 Å². The summed E-state index contributed by atoms with van der Waals surface area (Å²) in [5.74, 6) is 0.385. The summed E-state index contributed by atoms with van der Waals surface area (Å²) in [4.78, 5) is 19.4. The summed E-state index contributed by atoms with van der Waals surface area (Å²) in [5, 5.41) is 2.93. The van der Waals surface area contributed by atoms with E-state index < -0.39 is 0 Å². The summed E-state index contributed by atoms with van der Waals surface area (Å²) in [5.41, 5.74) is 3.32. The van der Waals surface area contributed by atoms with Gasteiger partial charge in [0.1, 0.15) is 12.4 Å². The van der Waals surface area contributed by atoms with Gasteiger partial charge in [-0.15, -0.1) is 0 Å². The predicted octanol–water partition coefficient (Wildman–Crippen LogP) is 4.90. The molecule has 29 heavy (non-hydrogen) atoms. The van der Waals surface area contributed by atoms with Gasteiger partial charge in [-0.3, -0.25) is 9.78 Å². The fraction of sp³-hybridized carbons (Fsp3) is 0.250. The zero-order chi connectivity index (χ0) is 19.9. The van der Waals surface area contributed by atoms with Gasteiger partial charge >= 0.3 is 0 Å². The quantitative estimate of drug-likeness (QED) is 0.653. The van der Waals surface area contributed by atoms with Gasteiger partial charge in [0, 0.05) is 25.0 Å². The first-order valence-electron chi connectivity index (χ1n) is 10.1. The molecular weight excluding hydrogens is 362 g/mol. The Morgan fingerprint density at radius 2 is 1.83 bits per heavy atom. The minimum absolute atomic E-state index is 0.195. The highest BCUT2D eigenvalue weighted by Crippen LogP contribution is 2.28. The molecule has 1 aliphatic rings. The molecule has 4 rings (SSSR count). The Labute approximate surface area is 171 Å². The molecule has 0 spiro atoms. The van der Waals surface area contributed by atoms with Crippen LogP contribution in [0, 0.1) is 0 Å². The fourth-order valence-corrected chi connectivity index (χ4v) is 3.54. The first-order valence-corrected chi connectivity index (χ1v) is 10.1. The van der Waals surface area contributed by atoms with Crippen molar-refractivity contribution in [2.24, 2.45) is 0 Å². The standard InChI is InChI=1S/C24H25N3O2/c28-24(26-20-10-7-13-25-17-20)22-16-21(27-14-5-2-6-15-27)11-12-23(22)29-18-19-8-3-1-4-9-19/h1,3-4,7-13,16-17H,2,5-6,14-15,18H2,(H,26,28). The van der Waals surface area contributed by atoms with Crippen LogP contribution in [0.2, 0.25) is 0 Å². The van der Waals surface area contributed by atoms with Gasteiger partial charge in [0.05, 0.1) is 17.4 Å². The van der Waals surface area contributed by atoms with Gasteiger partial charge in [0.25, 0.3) is 5.91 Å². The summed E-state index contributed by atoms with van der Waals surface area (Å²) < 4.78 is 6.03. The Balaban J connectivity index is 1.59. The number of ether oxygens (including phenoxy) is 1. The number of hydrogen-bond acceptors (Lipinski definition) is 4. The second kappa shape index (κ2) is 9.24. The molecule has 2 aromatic carbocycles. The molecule has 3 aromatic rings. The lowest BCUT2D eigenvalue weighted by Gasteiger charge is -2.29. The predicted molar refractivity (Wildman–Crippen MR) is 115 cm³/mol. The number of benzene rings is 2. The Morgan fingerprint density at radius 3 is 2.59 bits per heavy atom. The number of amides is 1. The van der Waals surface area contributed by atoms with Crippen molar-refractivity contribution >= 4 is 17.3 Å². The third kappa shape index (κ3) is 4.93. The Bertz CT molecular complexity index is 939. The fourth-order valence-electron chi connectivity index (χ4n) is 3.54. The molecule has 5 nitrogen and oxygen atoms in total. The molecule has 1 saturated heterocycles. The van der Waals surface area contributed by atoms with Crippen molar-refractivity contribution < 1.29 is 9.53 Å². The topological polar surface area (TPSA) is 54.5 Å². The highest BCUT2D eigenvalue weighted by Gasteiger charge is 2.18.